The van der Waals surface area contributed by atoms with E-state index in [4.69, 9.17) is 0 Å². The van der Waals surface area contributed by atoms with E-state index in [-0.39, 0.29) is 23.0 Å². The molecule has 0 spiro atoms. The van der Waals surface area contributed by atoms with Crippen LogP contribution in [0.5, 0.6) is 0 Å². The Kier molecular flexibility index (Phi) is 5.69. The van der Waals surface area contributed by atoms with Crippen molar-refractivity contribution in [1.29, 1.82) is 0 Å². The van der Waals surface area contributed by atoms with Gasteiger partial charge >= 0.3 is 0 Å². The molecule has 0 aliphatic carbocycles. The Bertz CT molecular complexity index is 1280. The van der Waals surface area contributed by atoms with Crippen LogP contribution < -0.4 is 10.5 Å². The van der Waals surface area contributed by atoms with Crippen LogP contribution in [0, 0.1) is 12.7 Å². The van der Waals surface area contributed by atoms with E-state index in [1.165, 1.54) is 33.7 Å². The molecule has 0 aliphatic heterocycles. The molecule has 0 atom stereocenters. The van der Waals surface area contributed by atoms with E-state index in [9.17, 15) is 14.0 Å². The van der Waals surface area contributed by atoms with Crippen LogP contribution in [0.3, 0.4) is 0 Å². The third kappa shape index (κ3) is 3.88. The molecular formula is C22H18FN3O2S2. The number of fused-ring (bicyclic) bond motifs is 1. The minimum absolute atomic E-state index is 0.105. The van der Waals surface area contributed by atoms with E-state index in [1.807, 2.05) is 35.7 Å². The molecule has 152 valence electrons. The highest BCUT2D eigenvalue weighted by Crippen LogP contribution is 2.25. The number of carbonyl (C=O) groups is 1. The van der Waals surface area contributed by atoms with E-state index in [0.29, 0.717) is 26.6 Å². The minimum atomic E-state index is -0.342. The van der Waals surface area contributed by atoms with Crippen molar-refractivity contribution in [2.75, 3.05) is 17.7 Å². The summed E-state index contributed by atoms with van der Waals surface area (Å²) in [5.74, 6) is -0.355. The number of benzene rings is 2. The van der Waals surface area contributed by atoms with Crippen molar-refractivity contribution in [3.8, 4) is 5.69 Å². The molecule has 0 bridgehead atoms. The monoisotopic (exact) mass is 439 g/mol. The number of anilines is 1. The Balaban J connectivity index is 1.70. The zero-order chi connectivity index (χ0) is 21.3. The Morgan fingerprint density at radius 2 is 1.97 bits per heavy atom. The van der Waals surface area contributed by atoms with Gasteiger partial charge in [-0.1, -0.05) is 30.0 Å². The van der Waals surface area contributed by atoms with Crippen LogP contribution in [-0.2, 0) is 4.79 Å². The summed E-state index contributed by atoms with van der Waals surface area (Å²) in [7, 11) is 1.71. The molecule has 2 aromatic heterocycles. The maximum atomic E-state index is 13.8. The largest absolute Gasteiger partial charge is 0.315 e. The summed E-state index contributed by atoms with van der Waals surface area (Å²) in [6, 6.07) is 15.6. The summed E-state index contributed by atoms with van der Waals surface area (Å²) in [6.07, 6.45) is 0. The highest BCUT2D eigenvalue weighted by atomic mass is 32.2. The highest BCUT2D eigenvalue weighted by molar-refractivity contribution is 7.99. The third-order valence-corrected chi connectivity index (χ3v) is 6.51. The molecule has 0 aliphatic rings. The van der Waals surface area contributed by atoms with Crippen molar-refractivity contribution >= 4 is 44.9 Å². The average Bonchev–Trinajstić information content (AvgIpc) is 3.23. The highest BCUT2D eigenvalue weighted by Gasteiger charge is 2.18. The van der Waals surface area contributed by atoms with Gasteiger partial charge in [0.25, 0.3) is 5.56 Å². The van der Waals surface area contributed by atoms with Gasteiger partial charge in [0, 0.05) is 12.7 Å². The van der Waals surface area contributed by atoms with Crippen LogP contribution in [0.2, 0.25) is 0 Å². The van der Waals surface area contributed by atoms with Crippen LogP contribution in [0.15, 0.2) is 69.9 Å². The van der Waals surface area contributed by atoms with Crippen molar-refractivity contribution in [3.63, 3.8) is 0 Å². The second-order valence-corrected chi connectivity index (χ2v) is 8.54. The summed E-state index contributed by atoms with van der Waals surface area (Å²) in [6.45, 7) is 1.64. The van der Waals surface area contributed by atoms with Gasteiger partial charge in [0.2, 0.25) is 5.91 Å². The lowest BCUT2D eigenvalue weighted by molar-refractivity contribution is -0.115. The minimum Gasteiger partial charge on any atom is -0.315 e. The number of carbonyl (C=O) groups excluding carboxylic acids is 1. The molecule has 0 saturated heterocycles. The fourth-order valence-corrected chi connectivity index (χ4v) is 4.69. The van der Waals surface area contributed by atoms with Gasteiger partial charge in [0.15, 0.2) is 5.16 Å². The number of nitrogens with zero attached hydrogens (tertiary/aromatic N) is 3. The lowest BCUT2D eigenvalue weighted by Crippen LogP contribution is -2.28. The summed E-state index contributed by atoms with van der Waals surface area (Å²) in [5.41, 5.74) is 2.10. The van der Waals surface area contributed by atoms with Gasteiger partial charge in [-0.25, -0.2) is 9.37 Å². The Labute approximate surface area is 180 Å². The summed E-state index contributed by atoms with van der Waals surface area (Å²) in [5, 5.41) is 2.20. The second-order valence-electron chi connectivity index (χ2n) is 6.68. The van der Waals surface area contributed by atoms with Gasteiger partial charge < -0.3 is 4.90 Å². The number of thioether (sulfide) groups is 1. The van der Waals surface area contributed by atoms with Crippen LogP contribution in [0.1, 0.15) is 5.56 Å². The molecule has 4 rings (SSSR count). The number of halogens is 1. The van der Waals surface area contributed by atoms with Crippen LogP contribution in [0.4, 0.5) is 10.1 Å². The first-order valence-corrected chi connectivity index (χ1v) is 11.0. The third-order valence-electron chi connectivity index (χ3n) is 4.69. The molecule has 0 radical (unpaired) electrons. The first-order chi connectivity index (χ1) is 14.5. The molecule has 30 heavy (non-hydrogen) atoms. The molecule has 2 aromatic carbocycles. The van der Waals surface area contributed by atoms with E-state index >= 15 is 0 Å². The van der Waals surface area contributed by atoms with Gasteiger partial charge in [0.05, 0.1) is 17.0 Å². The van der Waals surface area contributed by atoms with E-state index in [1.54, 1.807) is 37.1 Å². The fourth-order valence-electron chi connectivity index (χ4n) is 3.00. The predicted octanol–water partition coefficient (Wildman–Crippen LogP) is 4.65. The molecule has 0 saturated carbocycles. The van der Waals surface area contributed by atoms with Crippen LogP contribution in [-0.4, -0.2) is 28.3 Å². The van der Waals surface area contributed by atoms with Gasteiger partial charge in [0.1, 0.15) is 10.5 Å². The molecule has 5 nitrogen and oxygen atoms in total. The number of para-hydroxylation sites is 1. The zero-order valence-electron chi connectivity index (χ0n) is 16.3. The maximum absolute atomic E-state index is 13.8. The first-order valence-electron chi connectivity index (χ1n) is 9.17. The molecule has 0 N–H and O–H groups in total. The van der Waals surface area contributed by atoms with Gasteiger partial charge in [-0.3, -0.25) is 14.2 Å². The number of thiophene rings is 1. The van der Waals surface area contributed by atoms with Gasteiger partial charge in [-0.05, 0) is 54.3 Å². The molecule has 2 heterocycles. The Morgan fingerprint density at radius 1 is 1.20 bits per heavy atom. The Morgan fingerprint density at radius 3 is 2.70 bits per heavy atom. The zero-order valence-corrected chi connectivity index (χ0v) is 18.0. The SMILES string of the molecule is Cc1cc(-n2c(SCC(=O)N(C)c3ccccc3)nc3ccsc3c2=O)ccc1F. The number of hydrogen-bond acceptors (Lipinski definition) is 5. The van der Waals surface area contributed by atoms with Crippen molar-refractivity contribution in [3.05, 3.63) is 81.7 Å². The molecular weight excluding hydrogens is 421 g/mol. The van der Waals surface area contributed by atoms with Crippen LogP contribution in [0.25, 0.3) is 15.9 Å². The normalized spacial score (nSPS) is 11.0. The number of rotatable bonds is 5. The summed E-state index contributed by atoms with van der Waals surface area (Å²) < 4.78 is 15.7. The number of aromatic nitrogens is 2. The van der Waals surface area contributed by atoms with E-state index in [2.05, 4.69) is 4.98 Å². The summed E-state index contributed by atoms with van der Waals surface area (Å²) >= 11 is 2.50. The lowest BCUT2D eigenvalue weighted by atomic mass is 10.2. The van der Waals surface area contributed by atoms with Gasteiger partial charge in [-0.2, -0.15) is 0 Å². The number of amides is 1. The van der Waals surface area contributed by atoms with Crippen molar-refractivity contribution in [2.45, 2.75) is 12.1 Å². The van der Waals surface area contributed by atoms with Crippen molar-refractivity contribution in [2.24, 2.45) is 0 Å². The maximum Gasteiger partial charge on any atom is 0.276 e. The number of hydrogen-bond donors (Lipinski definition) is 0. The first kappa shape index (κ1) is 20.3. The molecule has 0 fully saturated rings. The molecule has 1 amide bonds. The molecule has 4 aromatic rings. The van der Waals surface area contributed by atoms with Crippen molar-refractivity contribution < 1.29 is 9.18 Å². The average molecular weight is 440 g/mol. The number of aryl methyl sites for hydroxylation is 1. The topological polar surface area (TPSA) is 55.2 Å². The second kappa shape index (κ2) is 8.41. The lowest BCUT2D eigenvalue weighted by Gasteiger charge is -2.18. The van der Waals surface area contributed by atoms with E-state index < -0.39 is 0 Å². The smallest absolute Gasteiger partial charge is 0.276 e. The fraction of sp³-hybridized carbons (Fsp3) is 0.136. The van der Waals surface area contributed by atoms with Gasteiger partial charge in [-0.15, -0.1) is 11.3 Å². The van der Waals surface area contributed by atoms with Crippen molar-refractivity contribution in [1.82, 2.24) is 9.55 Å². The molecule has 8 heteroatoms. The Hall–Kier alpha value is -2.97. The quantitative estimate of drug-likeness (QED) is 0.336. The van der Waals surface area contributed by atoms with E-state index in [0.717, 1.165) is 5.69 Å². The standard InChI is InChI=1S/C22H18FN3O2S2/c1-14-12-16(8-9-17(14)23)26-21(28)20-18(10-11-29-20)24-22(26)30-13-19(27)25(2)15-6-4-3-5-7-15/h3-12H,13H2,1-2H3. The van der Waals surface area contributed by atoms with Crippen LogP contribution >= 0.6 is 23.1 Å². The molecule has 0 unspecified atom stereocenters. The predicted molar refractivity (Wildman–Crippen MR) is 120 cm³/mol. The summed E-state index contributed by atoms with van der Waals surface area (Å²) in [4.78, 5) is 32.0.